The summed E-state index contributed by atoms with van der Waals surface area (Å²) in [7, 11) is 0. The molecule has 0 fully saturated rings. The molecular formula is C13H12BrN3S2. The van der Waals surface area contributed by atoms with E-state index >= 15 is 0 Å². The normalized spacial score (nSPS) is 10.6. The Morgan fingerprint density at radius 1 is 1.26 bits per heavy atom. The van der Waals surface area contributed by atoms with Gasteiger partial charge in [0.05, 0.1) is 10.0 Å². The summed E-state index contributed by atoms with van der Waals surface area (Å²) in [6.45, 7) is 2.05. The van der Waals surface area contributed by atoms with Gasteiger partial charge in [0, 0.05) is 10.6 Å². The summed E-state index contributed by atoms with van der Waals surface area (Å²) < 4.78 is 1.08. The summed E-state index contributed by atoms with van der Waals surface area (Å²) in [6.07, 6.45) is 1.73. The first-order valence-electron chi connectivity index (χ1n) is 5.55. The van der Waals surface area contributed by atoms with E-state index in [0.29, 0.717) is 5.11 Å². The van der Waals surface area contributed by atoms with Crippen LogP contribution in [0.3, 0.4) is 0 Å². The topological polar surface area (TPSA) is 36.4 Å². The summed E-state index contributed by atoms with van der Waals surface area (Å²) in [4.78, 5) is 1.05. The van der Waals surface area contributed by atoms with Crippen LogP contribution in [0.15, 0.2) is 45.3 Å². The average Bonchev–Trinajstić information content (AvgIpc) is 2.78. The molecule has 2 N–H and O–H groups in total. The molecule has 0 amide bonds. The van der Waals surface area contributed by atoms with Gasteiger partial charge < -0.3 is 5.32 Å². The molecule has 2 aromatic rings. The molecule has 3 nitrogen and oxygen atoms in total. The van der Waals surface area contributed by atoms with Crippen molar-refractivity contribution in [3.63, 3.8) is 0 Å². The fourth-order valence-electron chi connectivity index (χ4n) is 1.35. The van der Waals surface area contributed by atoms with Gasteiger partial charge in [-0.15, -0.1) is 11.3 Å². The lowest BCUT2D eigenvalue weighted by Gasteiger charge is -2.06. The van der Waals surface area contributed by atoms with Gasteiger partial charge in [0.15, 0.2) is 5.11 Å². The zero-order valence-electron chi connectivity index (χ0n) is 10.2. The largest absolute Gasteiger partial charge is 0.331 e. The number of halogens is 1. The molecule has 0 saturated carbocycles. The fourth-order valence-corrected chi connectivity index (χ4v) is 2.81. The maximum atomic E-state index is 5.15. The number of anilines is 1. The van der Waals surface area contributed by atoms with Crippen molar-refractivity contribution in [2.24, 2.45) is 5.10 Å². The van der Waals surface area contributed by atoms with Gasteiger partial charge in [0.2, 0.25) is 0 Å². The van der Waals surface area contributed by atoms with Crippen molar-refractivity contribution in [3.05, 3.63) is 50.6 Å². The SMILES string of the molecule is Cc1ccc(NC(=S)NN=Cc2ccc(Br)s2)cc1. The molecule has 2 rings (SSSR count). The van der Waals surface area contributed by atoms with Crippen LogP contribution in [-0.2, 0) is 0 Å². The second-order valence-corrected chi connectivity index (χ2v) is 6.73. The zero-order chi connectivity index (χ0) is 13.7. The summed E-state index contributed by atoms with van der Waals surface area (Å²) in [5.74, 6) is 0. The maximum absolute atomic E-state index is 5.15. The third-order valence-electron chi connectivity index (χ3n) is 2.26. The highest BCUT2D eigenvalue weighted by Gasteiger charge is 1.96. The minimum atomic E-state index is 0.468. The summed E-state index contributed by atoms with van der Waals surface area (Å²) in [6, 6.07) is 12.0. The van der Waals surface area contributed by atoms with E-state index in [2.05, 4.69) is 31.8 Å². The highest BCUT2D eigenvalue weighted by molar-refractivity contribution is 9.11. The van der Waals surface area contributed by atoms with E-state index in [1.807, 2.05) is 43.3 Å². The van der Waals surface area contributed by atoms with Crippen LogP contribution in [0.25, 0.3) is 0 Å². The lowest BCUT2D eigenvalue weighted by Crippen LogP contribution is -2.23. The first kappa shape index (κ1) is 14.2. The maximum Gasteiger partial charge on any atom is 0.191 e. The van der Waals surface area contributed by atoms with E-state index in [1.54, 1.807) is 17.6 Å². The Balaban J connectivity index is 1.84. The van der Waals surface area contributed by atoms with Gasteiger partial charge in [-0.1, -0.05) is 17.7 Å². The van der Waals surface area contributed by atoms with Gasteiger partial charge in [0.25, 0.3) is 0 Å². The Hall–Kier alpha value is -1.24. The van der Waals surface area contributed by atoms with Gasteiger partial charge in [-0.3, -0.25) is 5.43 Å². The number of benzene rings is 1. The highest BCUT2D eigenvalue weighted by atomic mass is 79.9. The number of hydrogen-bond acceptors (Lipinski definition) is 3. The quantitative estimate of drug-likeness (QED) is 0.494. The molecular weight excluding hydrogens is 342 g/mol. The molecule has 1 heterocycles. The molecule has 1 aromatic carbocycles. The van der Waals surface area contributed by atoms with E-state index in [9.17, 15) is 0 Å². The van der Waals surface area contributed by atoms with Crippen molar-refractivity contribution >= 4 is 56.5 Å². The molecule has 1 aromatic heterocycles. The Labute approximate surface area is 129 Å². The van der Waals surface area contributed by atoms with E-state index in [-0.39, 0.29) is 0 Å². The molecule has 0 aliphatic carbocycles. The summed E-state index contributed by atoms with van der Waals surface area (Å²) in [5.41, 5.74) is 4.94. The van der Waals surface area contributed by atoms with Crippen LogP contribution in [0.5, 0.6) is 0 Å². The second kappa shape index (κ2) is 6.79. The van der Waals surface area contributed by atoms with Crippen LogP contribution in [0.4, 0.5) is 5.69 Å². The molecule has 0 aliphatic heterocycles. The van der Waals surface area contributed by atoms with E-state index in [4.69, 9.17) is 12.2 Å². The van der Waals surface area contributed by atoms with Gasteiger partial charge in [-0.05, 0) is 59.3 Å². The highest BCUT2D eigenvalue weighted by Crippen LogP contribution is 2.20. The molecule has 6 heteroatoms. The Morgan fingerprint density at radius 3 is 2.63 bits per heavy atom. The van der Waals surface area contributed by atoms with Crippen LogP contribution < -0.4 is 10.7 Å². The lowest BCUT2D eigenvalue weighted by molar-refractivity contribution is 1.05. The van der Waals surface area contributed by atoms with Crippen molar-refractivity contribution in [2.45, 2.75) is 6.92 Å². The van der Waals surface area contributed by atoms with Crippen molar-refractivity contribution in [3.8, 4) is 0 Å². The number of nitrogens with zero attached hydrogens (tertiary/aromatic N) is 1. The Kier molecular flexibility index (Phi) is 5.07. The standard InChI is InChI=1S/C13H12BrN3S2/c1-9-2-4-10(5-3-9)16-13(18)17-15-8-11-6-7-12(14)19-11/h2-8H,1H3,(H2,16,17,18). The van der Waals surface area contributed by atoms with Crippen LogP contribution in [0.2, 0.25) is 0 Å². The predicted octanol–water partition coefficient (Wildman–Crippen LogP) is 4.14. The molecule has 0 unspecified atom stereocenters. The summed E-state index contributed by atoms with van der Waals surface area (Å²) in [5, 5.41) is 7.61. The molecule has 98 valence electrons. The molecule has 19 heavy (non-hydrogen) atoms. The molecule has 0 radical (unpaired) electrons. The van der Waals surface area contributed by atoms with Crippen molar-refractivity contribution in [1.82, 2.24) is 5.43 Å². The molecule has 0 atom stereocenters. The molecule has 0 spiro atoms. The number of hydrazone groups is 1. The van der Waals surface area contributed by atoms with Crippen LogP contribution in [-0.4, -0.2) is 11.3 Å². The number of rotatable bonds is 3. The molecule has 0 bridgehead atoms. The fraction of sp³-hybridized carbons (Fsp3) is 0.0769. The second-order valence-electron chi connectivity index (χ2n) is 3.83. The molecule has 0 saturated heterocycles. The zero-order valence-corrected chi connectivity index (χ0v) is 13.4. The van der Waals surface area contributed by atoms with Gasteiger partial charge in [-0.2, -0.15) is 5.10 Å². The van der Waals surface area contributed by atoms with Crippen LogP contribution in [0.1, 0.15) is 10.4 Å². The van der Waals surface area contributed by atoms with E-state index in [0.717, 1.165) is 14.4 Å². The Bertz CT molecular complexity index is 590. The molecule has 0 aliphatic rings. The number of nitrogens with one attached hydrogen (secondary N) is 2. The van der Waals surface area contributed by atoms with Gasteiger partial charge >= 0.3 is 0 Å². The van der Waals surface area contributed by atoms with Crippen LogP contribution in [0, 0.1) is 6.92 Å². The lowest BCUT2D eigenvalue weighted by atomic mass is 10.2. The number of aryl methyl sites for hydroxylation is 1. The minimum Gasteiger partial charge on any atom is -0.331 e. The third-order valence-corrected chi connectivity index (χ3v) is 4.01. The van der Waals surface area contributed by atoms with Gasteiger partial charge in [-0.25, -0.2) is 0 Å². The van der Waals surface area contributed by atoms with Gasteiger partial charge in [0.1, 0.15) is 0 Å². The number of thiocarbonyl (C=S) groups is 1. The average molecular weight is 354 g/mol. The minimum absolute atomic E-state index is 0.468. The van der Waals surface area contributed by atoms with E-state index in [1.165, 1.54) is 5.56 Å². The van der Waals surface area contributed by atoms with E-state index < -0.39 is 0 Å². The van der Waals surface area contributed by atoms with Crippen molar-refractivity contribution in [1.29, 1.82) is 0 Å². The van der Waals surface area contributed by atoms with Crippen LogP contribution >= 0.6 is 39.5 Å². The Morgan fingerprint density at radius 2 is 2.00 bits per heavy atom. The predicted molar refractivity (Wildman–Crippen MR) is 90.1 cm³/mol. The smallest absolute Gasteiger partial charge is 0.191 e. The first-order valence-corrected chi connectivity index (χ1v) is 7.57. The third kappa shape index (κ3) is 4.74. The van der Waals surface area contributed by atoms with Crippen molar-refractivity contribution < 1.29 is 0 Å². The summed E-state index contributed by atoms with van der Waals surface area (Å²) >= 11 is 10.2. The monoisotopic (exact) mass is 353 g/mol. The number of thiophene rings is 1. The number of hydrogen-bond donors (Lipinski definition) is 2. The van der Waals surface area contributed by atoms with Crippen molar-refractivity contribution in [2.75, 3.05) is 5.32 Å². The first-order chi connectivity index (χ1) is 9.13.